The van der Waals surface area contributed by atoms with Gasteiger partial charge in [0.25, 0.3) is 0 Å². The Balaban J connectivity index is 1.21. The molecular formula is C53H16B16N4O. The molecular weight excluding hydrogens is 882 g/mol. The summed E-state index contributed by atoms with van der Waals surface area (Å²) in [5.41, 5.74) is 3.87. The van der Waals surface area contributed by atoms with Gasteiger partial charge in [-0.2, -0.15) is 0 Å². The van der Waals surface area contributed by atoms with Crippen molar-refractivity contribution in [2.45, 2.75) is 0 Å². The molecule has 3 heterocycles. The molecule has 32 radical (unpaired) electrons. The number of fused-ring (bicyclic) bond motifs is 8. The van der Waals surface area contributed by atoms with Crippen molar-refractivity contribution in [3.8, 4) is 51.0 Å². The van der Waals surface area contributed by atoms with Crippen LogP contribution >= 0.6 is 0 Å². The molecule has 9 aromatic carbocycles. The van der Waals surface area contributed by atoms with E-state index in [1.807, 2.05) is 97.1 Å². The molecule has 12 aromatic rings. The Labute approximate surface area is 447 Å². The van der Waals surface area contributed by atoms with Gasteiger partial charge in [-0.25, -0.2) is 15.0 Å². The average molecular weight is 898 g/mol. The highest BCUT2D eigenvalue weighted by Crippen LogP contribution is 2.41. The number of furan rings is 1. The van der Waals surface area contributed by atoms with Gasteiger partial charge in [0.1, 0.15) is 131 Å². The van der Waals surface area contributed by atoms with E-state index in [0.29, 0.717) is 39.5 Å². The number of aromatic nitrogens is 4. The maximum atomic E-state index is 7.23. The van der Waals surface area contributed by atoms with Crippen molar-refractivity contribution in [2.24, 2.45) is 0 Å². The van der Waals surface area contributed by atoms with Crippen LogP contribution in [0.1, 0.15) is 0 Å². The molecule has 5 nitrogen and oxygen atoms in total. The summed E-state index contributed by atoms with van der Waals surface area (Å²) in [5, 5.41) is 2.94. The molecule has 0 amide bonds. The summed E-state index contributed by atoms with van der Waals surface area (Å²) < 4.78 is 8.49. The summed E-state index contributed by atoms with van der Waals surface area (Å²) in [4.78, 5) is 15.0. The second-order valence-electron chi connectivity index (χ2n) is 18.1. The van der Waals surface area contributed by atoms with Crippen LogP contribution in [-0.2, 0) is 0 Å². The fraction of sp³-hybridized carbons (Fsp3) is 0. The van der Waals surface area contributed by atoms with Gasteiger partial charge in [-0.3, -0.25) is 0 Å². The average Bonchev–Trinajstić information content (AvgIpc) is 3.99. The molecule has 0 saturated heterocycles. The first kappa shape index (κ1) is 48.1. The van der Waals surface area contributed by atoms with E-state index in [9.17, 15) is 0 Å². The lowest BCUT2D eigenvalue weighted by Gasteiger charge is -2.23. The predicted molar refractivity (Wildman–Crippen MR) is 324 cm³/mol. The molecule has 0 unspecified atom stereocenters. The minimum Gasteiger partial charge on any atom is -0.455 e. The molecule has 0 saturated carbocycles. The monoisotopic (exact) mass is 900 g/mol. The standard InChI is InChI=1S/C53H16B16N4O/c54-30-25-26(33(57)38(62)37(61)32(25)56)36(60)46-27(30)28-34(58)39(63)42(66)43(67)47(28)73(46)48-44(68)40(64)35(59)29-24-23(31(55)41(65)45(69)49(24)74-50(29)48)21-15-16-22(20-14-8-7-13-19(20)21)53-71-51(17-9-3-1-4-10-17)70-52(72-53)18-11-5-2-6-12-18/h1-16H. The Morgan fingerprint density at radius 2 is 0.716 bits per heavy atom. The maximum Gasteiger partial charge on any atom is 0.164 e. The molecule has 0 aliphatic carbocycles. The Hall–Kier alpha value is -6.85. The topological polar surface area (TPSA) is 56.7 Å². The number of hydrogen-bond donors (Lipinski definition) is 0. The summed E-state index contributed by atoms with van der Waals surface area (Å²) >= 11 is 0. The highest BCUT2D eigenvalue weighted by atomic mass is 16.3. The lowest BCUT2D eigenvalue weighted by atomic mass is 9.61. The Kier molecular flexibility index (Phi) is 11.3. The van der Waals surface area contributed by atoms with E-state index in [-0.39, 0.29) is 142 Å². The van der Waals surface area contributed by atoms with Gasteiger partial charge in [-0.1, -0.05) is 146 Å². The first-order chi connectivity index (χ1) is 35.4. The van der Waals surface area contributed by atoms with Gasteiger partial charge in [0.2, 0.25) is 0 Å². The van der Waals surface area contributed by atoms with Crippen LogP contribution in [0, 0.1) is 0 Å². The first-order valence-corrected chi connectivity index (χ1v) is 22.8. The van der Waals surface area contributed by atoms with E-state index in [0.717, 1.165) is 21.9 Å². The molecule has 0 aliphatic heterocycles. The van der Waals surface area contributed by atoms with Crippen LogP contribution in [0.25, 0.3) is 116 Å². The van der Waals surface area contributed by atoms with Crippen molar-refractivity contribution in [3.05, 3.63) is 97.1 Å². The molecule has 21 heteroatoms. The van der Waals surface area contributed by atoms with Crippen LogP contribution in [0.15, 0.2) is 101 Å². The fourth-order valence-electron chi connectivity index (χ4n) is 10.5. The third kappa shape index (κ3) is 6.63. The Morgan fingerprint density at radius 1 is 0.297 bits per heavy atom. The zero-order valence-corrected chi connectivity index (χ0v) is 39.2. The van der Waals surface area contributed by atoms with E-state index < -0.39 is 0 Å². The normalized spacial score (nSPS) is 11.8. The van der Waals surface area contributed by atoms with Crippen molar-refractivity contribution in [1.29, 1.82) is 0 Å². The molecule has 0 spiro atoms. The molecule has 0 bridgehead atoms. The zero-order chi connectivity index (χ0) is 52.1. The van der Waals surface area contributed by atoms with Gasteiger partial charge < -0.3 is 8.98 Å². The smallest absolute Gasteiger partial charge is 0.164 e. The zero-order valence-electron chi connectivity index (χ0n) is 39.2. The molecule has 0 atom stereocenters. The highest BCUT2D eigenvalue weighted by Gasteiger charge is 2.30. The second-order valence-corrected chi connectivity index (χ2v) is 18.1. The van der Waals surface area contributed by atoms with Crippen LogP contribution in [0.2, 0.25) is 0 Å². The van der Waals surface area contributed by atoms with Crippen molar-refractivity contribution in [1.82, 2.24) is 19.5 Å². The van der Waals surface area contributed by atoms with Crippen molar-refractivity contribution in [3.63, 3.8) is 0 Å². The second kappa shape index (κ2) is 17.4. The number of hydrogen-bond acceptors (Lipinski definition) is 4. The van der Waals surface area contributed by atoms with Gasteiger partial charge in [0, 0.05) is 43.9 Å². The third-order valence-electron chi connectivity index (χ3n) is 14.2. The predicted octanol–water partition coefficient (Wildman–Crippen LogP) is -5.46. The van der Waals surface area contributed by atoms with Gasteiger partial charge in [-0.05, 0) is 44.1 Å². The van der Waals surface area contributed by atoms with E-state index in [4.69, 9.17) is 145 Å². The fourth-order valence-corrected chi connectivity index (χ4v) is 10.5. The van der Waals surface area contributed by atoms with Crippen LogP contribution < -0.4 is 87.4 Å². The van der Waals surface area contributed by atoms with Crippen molar-refractivity contribution >= 4 is 278 Å². The quantitative estimate of drug-likeness (QED) is 0.162. The first-order valence-electron chi connectivity index (χ1n) is 22.8. The summed E-state index contributed by atoms with van der Waals surface area (Å²) in [5.74, 6) is 1.41. The SMILES string of the molecule is [B]c1c([B])c(-c2ccc(-c3nc(-c4ccccc4)nc(-c4ccccc4)n3)c3ccccc23)c2c(oc3c(-n4c5c([B])c([B])c([B])c([B])c5c5c([B])c6c([B])c([B])c([B])c([B])c6c([B])c54)c([B])c([B])c([B])c32)c1[B]. The minimum atomic E-state index is -0.0819. The van der Waals surface area contributed by atoms with Crippen molar-refractivity contribution < 1.29 is 4.42 Å². The van der Waals surface area contributed by atoms with Gasteiger partial charge in [0.15, 0.2) is 23.1 Å². The van der Waals surface area contributed by atoms with Crippen molar-refractivity contribution in [2.75, 3.05) is 0 Å². The van der Waals surface area contributed by atoms with Gasteiger partial charge >= 0.3 is 0 Å². The van der Waals surface area contributed by atoms with Crippen LogP contribution in [0.4, 0.5) is 0 Å². The highest BCUT2D eigenvalue weighted by molar-refractivity contribution is 6.74. The number of nitrogens with zero attached hydrogens (tertiary/aromatic N) is 4. The summed E-state index contributed by atoms with van der Waals surface area (Å²) in [6.45, 7) is 0. The molecule has 0 fully saturated rings. The summed E-state index contributed by atoms with van der Waals surface area (Å²) in [6.07, 6.45) is 0. The van der Waals surface area contributed by atoms with Gasteiger partial charge in [0.05, 0.1) is 5.69 Å². The lowest BCUT2D eigenvalue weighted by Crippen LogP contribution is -2.50. The Morgan fingerprint density at radius 3 is 1.30 bits per heavy atom. The molecule has 302 valence electrons. The van der Waals surface area contributed by atoms with Crippen LogP contribution in [-0.4, -0.2) is 145 Å². The molecule has 3 aromatic heterocycles. The Bertz CT molecular complexity index is 4450. The largest absolute Gasteiger partial charge is 0.455 e. The number of benzene rings is 9. The minimum absolute atomic E-state index is 0.00127. The summed E-state index contributed by atoms with van der Waals surface area (Å²) in [6, 6.07) is 30.9. The van der Waals surface area contributed by atoms with Gasteiger partial charge in [-0.15, -0.1) is 32.8 Å². The lowest BCUT2D eigenvalue weighted by molar-refractivity contribution is 0.670. The molecule has 74 heavy (non-hydrogen) atoms. The number of rotatable bonds is 5. The summed E-state index contributed by atoms with van der Waals surface area (Å²) in [7, 11) is 110. The molecule has 12 rings (SSSR count). The van der Waals surface area contributed by atoms with Crippen LogP contribution in [0.5, 0.6) is 0 Å². The maximum absolute atomic E-state index is 7.23. The van der Waals surface area contributed by atoms with Crippen LogP contribution in [0.3, 0.4) is 0 Å². The van der Waals surface area contributed by atoms with E-state index in [1.54, 1.807) is 4.57 Å². The molecule has 0 N–H and O–H groups in total. The van der Waals surface area contributed by atoms with E-state index in [2.05, 4.69) is 0 Å². The van der Waals surface area contributed by atoms with E-state index in [1.165, 1.54) is 0 Å². The third-order valence-corrected chi connectivity index (χ3v) is 14.2. The molecule has 0 aliphatic rings. The van der Waals surface area contributed by atoms with E-state index >= 15 is 0 Å².